The Kier molecular flexibility index (Phi) is 9.77. The van der Waals surface area contributed by atoms with Crippen LogP contribution in [0, 0.1) is 5.92 Å². The van der Waals surface area contributed by atoms with E-state index in [0.717, 1.165) is 31.4 Å². The van der Waals surface area contributed by atoms with Crippen LogP contribution in [0.3, 0.4) is 0 Å². The van der Waals surface area contributed by atoms with Crippen LogP contribution in [-0.4, -0.2) is 85.4 Å². The van der Waals surface area contributed by atoms with Gasteiger partial charge in [0.2, 0.25) is 11.8 Å². The maximum absolute atomic E-state index is 13.5. The predicted octanol–water partition coefficient (Wildman–Crippen LogP) is 1.94. The van der Waals surface area contributed by atoms with E-state index in [1.165, 1.54) is 11.3 Å². The Morgan fingerprint density at radius 1 is 1.00 bits per heavy atom. The van der Waals surface area contributed by atoms with E-state index >= 15 is 0 Å². The molecule has 1 heterocycles. The molecule has 2 aliphatic rings. The average Bonchev–Trinajstić information content (AvgIpc) is 2.87. The summed E-state index contributed by atoms with van der Waals surface area (Å²) in [4.78, 5) is 56.9. The molecule has 1 saturated carbocycles. The van der Waals surface area contributed by atoms with Gasteiger partial charge in [0, 0.05) is 44.5 Å². The summed E-state index contributed by atoms with van der Waals surface area (Å²) in [5.74, 6) is -0.928. The van der Waals surface area contributed by atoms with Crippen molar-refractivity contribution < 1.29 is 19.2 Å². The van der Waals surface area contributed by atoms with Crippen LogP contribution < -0.4 is 21.3 Å². The van der Waals surface area contributed by atoms with Crippen molar-refractivity contribution in [2.75, 3.05) is 38.6 Å². The number of hydrogen-bond donors (Lipinski definition) is 3. The highest BCUT2D eigenvalue weighted by Crippen LogP contribution is 2.27. The van der Waals surface area contributed by atoms with Crippen LogP contribution in [0.4, 0.5) is 10.5 Å². The molecular formula is C27H42N6O4. The van der Waals surface area contributed by atoms with Crippen molar-refractivity contribution in [2.24, 2.45) is 11.7 Å². The molecule has 1 saturated heterocycles. The lowest BCUT2D eigenvalue weighted by Gasteiger charge is -2.41. The Bertz CT molecular complexity index is 958. The Morgan fingerprint density at radius 3 is 2.22 bits per heavy atom. The van der Waals surface area contributed by atoms with Gasteiger partial charge in [-0.3, -0.25) is 14.4 Å². The third kappa shape index (κ3) is 7.60. The number of amides is 5. The second-order valence-corrected chi connectivity index (χ2v) is 10.7. The van der Waals surface area contributed by atoms with Gasteiger partial charge in [0.25, 0.3) is 5.91 Å². The van der Waals surface area contributed by atoms with Gasteiger partial charge in [-0.25, -0.2) is 4.79 Å². The van der Waals surface area contributed by atoms with Gasteiger partial charge in [-0.15, -0.1) is 0 Å². The molecule has 0 aromatic heterocycles. The highest BCUT2D eigenvalue weighted by molar-refractivity contribution is 5.96. The highest BCUT2D eigenvalue weighted by Gasteiger charge is 2.39. The van der Waals surface area contributed by atoms with E-state index in [-0.39, 0.29) is 31.1 Å². The Balaban J connectivity index is 1.76. The molecule has 4 N–H and O–H groups in total. The van der Waals surface area contributed by atoms with Crippen molar-refractivity contribution >= 4 is 29.4 Å². The molecule has 0 spiro atoms. The fourth-order valence-electron chi connectivity index (χ4n) is 5.12. The molecule has 0 radical (unpaired) electrons. The number of piperazine rings is 1. The summed E-state index contributed by atoms with van der Waals surface area (Å²) in [5, 5.41) is 5.65. The van der Waals surface area contributed by atoms with Crippen molar-refractivity contribution in [3.8, 4) is 0 Å². The van der Waals surface area contributed by atoms with Gasteiger partial charge in [0.15, 0.2) is 0 Å². The SMILES string of the molecule is CC(C)NC(=O)N1CCN(C(=O)c2ccc(N(C)C)cc2)C[C@H]1C(=O)N[C@@H](CC1CCCCC1)C(N)=O. The third-order valence-corrected chi connectivity index (χ3v) is 7.23. The number of nitrogens with one attached hydrogen (secondary N) is 2. The lowest BCUT2D eigenvalue weighted by atomic mass is 9.84. The molecule has 204 valence electrons. The number of anilines is 1. The van der Waals surface area contributed by atoms with Gasteiger partial charge < -0.3 is 31.1 Å². The zero-order valence-electron chi connectivity index (χ0n) is 22.5. The summed E-state index contributed by atoms with van der Waals surface area (Å²) in [6, 6.07) is 5.02. The fraction of sp³-hybridized carbons (Fsp3) is 0.630. The summed E-state index contributed by atoms with van der Waals surface area (Å²) in [6.07, 6.45) is 5.94. The van der Waals surface area contributed by atoms with E-state index in [9.17, 15) is 19.2 Å². The van der Waals surface area contributed by atoms with Gasteiger partial charge in [0.05, 0.1) is 6.54 Å². The zero-order chi connectivity index (χ0) is 27.1. The van der Waals surface area contributed by atoms with Crippen LogP contribution in [0.1, 0.15) is 62.7 Å². The van der Waals surface area contributed by atoms with Crippen molar-refractivity contribution in [3.05, 3.63) is 29.8 Å². The maximum Gasteiger partial charge on any atom is 0.318 e. The van der Waals surface area contributed by atoms with Gasteiger partial charge in [-0.1, -0.05) is 32.1 Å². The first-order valence-corrected chi connectivity index (χ1v) is 13.3. The molecular weight excluding hydrogens is 472 g/mol. The lowest BCUT2D eigenvalue weighted by Crippen LogP contribution is -2.65. The van der Waals surface area contributed by atoms with E-state index in [2.05, 4.69) is 10.6 Å². The third-order valence-electron chi connectivity index (χ3n) is 7.23. The summed E-state index contributed by atoms with van der Waals surface area (Å²) in [5.41, 5.74) is 7.15. The maximum atomic E-state index is 13.5. The minimum absolute atomic E-state index is 0.0283. The molecule has 3 rings (SSSR count). The summed E-state index contributed by atoms with van der Waals surface area (Å²) in [7, 11) is 3.85. The zero-order valence-corrected chi connectivity index (χ0v) is 22.5. The topological polar surface area (TPSA) is 128 Å². The van der Waals surface area contributed by atoms with Crippen molar-refractivity contribution in [2.45, 2.75) is 70.5 Å². The molecule has 1 aliphatic carbocycles. The number of carbonyl (C=O) groups excluding carboxylic acids is 4. The Hall–Kier alpha value is -3.30. The number of carbonyl (C=O) groups is 4. The minimum atomic E-state index is -0.939. The van der Waals surface area contributed by atoms with Gasteiger partial charge in [-0.2, -0.15) is 0 Å². The molecule has 10 nitrogen and oxygen atoms in total. The molecule has 5 amide bonds. The van der Waals surface area contributed by atoms with Crippen LogP contribution in [0.5, 0.6) is 0 Å². The van der Waals surface area contributed by atoms with Crippen molar-refractivity contribution in [3.63, 3.8) is 0 Å². The largest absolute Gasteiger partial charge is 0.378 e. The first kappa shape index (κ1) is 28.3. The number of urea groups is 1. The molecule has 2 fully saturated rings. The van der Waals surface area contributed by atoms with E-state index in [4.69, 9.17) is 5.73 Å². The number of benzene rings is 1. The molecule has 0 bridgehead atoms. The summed E-state index contributed by atoms with van der Waals surface area (Å²) < 4.78 is 0. The molecule has 2 atom stereocenters. The van der Waals surface area contributed by atoms with Crippen LogP contribution in [0.25, 0.3) is 0 Å². The number of nitrogens with two attached hydrogens (primary N) is 1. The van der Waals surface area contributed by atoms with E-state index in [1.54, 1.807) is 17.0 Å². The van der Waals surface area contributed by atoms with E-state index < -0.39 is 23.9 Å². The molecule has 10 heteroatoms. The summed E-state index contributed by atoms with van der Waals surface area (Å²) >= 11 is 0. The molecule has 1 aromatic rings. The van der Waals surface area contributed by atoms with Crippen molar-refractivity contribution in [1.82, 2.24) is 20.4 Å². The first-order chi connectivity index (χ1) is 17.6. The summed E-state index contributed by atoms with van der Waals surface area (Å²) in [6.45, 7) is 4.21. The molecule has 0 unspecified atom stereocenters. The smallest absolute Gasteiger partial charge is 0.318 e. The molecule has 1 aromatic carbocycles. The predicted molar refractivity (Wildman–Crippen MR) is 143 cm³/mol. The van der Waals surface area contributed by atoms with Crippen LogP contribution in [0.15, 0.2) is 24.3 Å². The normalized spacial score (nSPS) is 19.3. The fourth-order valence-corrected chi connectivity index (χ4v) is 5.12. The number of rotatable bonds is 8. The van der Waals surface area contributed by atoms with Crippen LogP contribution in [0.2, 0.25) is 0 Å². The first-order valence-electron chi connectivity index (χ1n) is 13.3. The van der Waals surface area contributed by atoms with Gasteiger partial charge in [0.1, 0.15) is 12.1 Å². The van der Waals surface area contributed by atoms with E-state index in [1.807, 2.05) is 45.0 Å². The van der Waals surface area contributed by atoms with Crippen LogP contribution >= 0.6 is 0 Å². The minimum Gasteiger partial charge on any atom is -0.378 e. The standard InChI is InChI=1S/C27H42N6O4/c1-18(2)29-27(37)33-15-14-32(26(36)20-10-12-21(13-11-20)31(3)4)17-23(33)25(35)30-22(24(28)34)16-19-8-6-5-7-9-19/h10-13,18-19,22-23H,5-9,14-17H2,1-4H3,(H2,28,34)(H,29,37)(H,30,35)/t22-,23-/m0/s1. The second kappa shape index (κ2) is 12.8. The second-order valence-electron chi connectivity index (χ2n) is 10.7. The van der Waals surface area contributed by atoms with Gasteiger partial charge in [-0.05, 0) is 50.5 Å². The average molecular weight is 515 g/mol. The lowest BCUT2D eigenvalue weighted by molar-refractivity contribution is -0.131. The Labute approximate surface area is 219 Å². The number of primary amides is 1. The van der Waals surface area contributed by atoms with Crippen molar-refractivity contribution in [1.29, 1.82) is 0 Å². The van der Waals surface area contributed by atoms with Crippen LogP contribution in [-0.2, 0) is 9.59 Å². The number of hydrogen-bond acceptors (Lipinski definition) is 5. The molecule has 1 aliphatic heterocycles. The molecule has 37 heavy (non-hydrogen) atoms. The monoisotopic (exact) mass is 514 g/mol. The highest BCUT2D eigenvalue weighted by atomic mass is 16.2. The van der Waals surface area contributed by atoms with E-state index in [0.29, 0.717) is 24.4 Å². The number of nitrogens with zero attached hydrogens (tertiary/aromatic N) is 3. The Morgan fingerprint density at radius 2 is 1.65 bits per heavy atom. The quantitative estimate of drug-likeness (QED) is 0.488. The van der Waals surface area contributed by atoms with Gasteiger partial charge >= 0.3 is 6.03 Å².